The third kappa shape index (κ3) is 2.55. The molecule has 0 saturated carbocycles. The number of hydrogen-bond acceptors (Lipinski definition) is 4. The summed E-state index contributed by atoms with van der Waals surface area (Å²) in [6.07, 6.45) is 3.03. The molecule has 80 valence electrons. The fourth-order valence-corrected chi connectivity index (χ4v) is 2.24. The molecule has 0 spiro atoms. The highest BCUT2D eigenvalue weighted by Crippen LogP contribution is 2.16. The molecule has 0 saturated heterocycles. The molecule has 0 heterocycles. The SMILES string of the molecule is Cc1cc([S@@](C)(=O)=NC#N)ccc1CN. The van der Waals surface area contributed by atoms with Crippen molar-refractivity contribution in [2.75, 3.05) is 6.26 Å². The van der Waals surface area contributed by atoms with E-state index >= 15 is 0 Å². The van der Waals surface area contributed by atoms with Gasteiger partial charge in [0.25, 0.3) is 0 Å². The Morgan fingerprint density at radius 1 is 1.60 bits per heavy atom. The first-order chi connectivity index (χ1) is 7.01. The minimum atomic E-state index is -2.58. The molecule has 0 aliphatic carbocycles. The summed E-state index contributed by atoms with van der Waals surface area (Å²) in [7, 11) is -2.58. The number of benzene rings is 1. The van der Waals surface area contributed by atoms with Crippen LogP contribution in [0.4, 0.5) is 0 Å². The highest BCUT2D eigenvalue weighted by Gasteiger charge is 2.07. The zero-order valence-electron chi connectivity index (χ0n) is 8.73. The van der Waals surface area contributed by atoms with Gasteiger partial charge in [-0.15, -0.1) is 4.36 Å². The van der Waals surface area contributed by atoms with Gasteiger partial charge in [0.1, 0.15) is 0 Å². The van der Waals surface area contributed by atoms with Gasteiger partial charge in [-0.2, -0.15) is 5.26 Å². The smallest absolute Gasteiger partial charge is 0.214 e. The van der Waals surface area contributed by atoms with Crippen molar-refractivity contribution < 1.29 is 4.21 Å². The molecule has 0 fully saturated rings. The molecule has 0 unspecified atom stereocenters. The van der Waals surface area contributed by atoms with E-state index in [4.69, 9.17) is 11.0 Å². The zero-order chi connectivity index (χ0) is 11.5. The third-order valence-electron chi connectivity index (χ3n) is 2.19. The molecule has 0 aromatic heterocycles. The van der Waals surface area contributed by atoms with Crippen molar-refractivity contribution >= 4 is 9.73 Å². The van der Waals surface area contributed by atoms with Crippen molar-refractivity contribution in [3.8, 4) is 6.19 Å². The lowest BCUT2D eigenvalue weighted by atomic mass is 10.1. The quantitative estimate of drug-likeness (QED) is 0.769. The number of nitriles is 1. The first-order valence-corrected chi connectivity index (χ1v) is 6.33. The van der Waals surface area contributed by atoms with Crippen LogP contribution in [0.15, 0.2) is 27.5 Å². The molecule has 0 aliphatic heterocycles. The van der Waals surface area contributed by atoms with Crippen molar-refractivity contribution in [2.45, 2.75) is 18.4 Å². The Labute approximate surface area is 89.9 Å². The van der Waals surface area contributed by atoms with Gasteiger partial charge >= 0.3 is 0 Å². The van der Waals surface area contributed by atoms with Crippen LogP contribution in [0.25, 0.3) is 0 Å². The largest absolute Gasteiger partial charge is 0.326 e. The van der Waals surface area contributed by atoms with Gasteiger partial charge in [-0.1, -0.05) is 6.07 Å². The van der Waals surface area contributed by atoms with E-state index in [1.165, 1.54) is 6.26 Å². The number of hydrogen-bond donors (Lipinski definition) is 1. The summed E-state index contributed by atoms with van der Waals surface area (Å²) in [5, 5.41) is 8.42. The van der Waals surface area contributed by atoms with Gasteiger partial charge in [-0.05, 0) is 30.2 Å². The second-order valence-corrected chi connectivity index (χ2v) is 5.55. The van der Waals surface area contributed by atoms with E-state index in [1.54, 1.807) is 18.3 Å². The Balaban J connectivity index is 3.33. The second-order valence-electron chi connectivity index (χ2n) is 3.29. The first-order valence-electron chi connectivity index (χ1n) is 4.41. The standard InChI is InChI=1S/C10H13N3OS/c1-8-5-10(4-3-9(8)6-11)15(2,14)13-7-12/h3-5H,6,11H2,1-2H3/t15-/m1/s1. The van der Waals surface area contributed by atoms with Crippen molar-refractivity contribution in [2.24, 2.45) is 10.1 Å². The van der Waals surface area contributed by atoms with Gasteiger partial charge in [0, 0.05) is 17.7 Å². The number of nitrogens with zero attached hydrogens (tertiary/aromatic N) is 2. The van der Waals surface area contributed by atoms with Crippen LogP contribution in [0.2, 0.25) is 0 Å². The van der Waals surface area contributed by atoms with Gasteiger partial charge in [-0.25, -0.2) is 4.21 Å². The monoisotopic (exact) mass is 223 g/mol. The molecule has 2 N–H and O–H groups in total. The normalized spacial score (nSPS) is 14.0. The van der Waals surface area contributed by atoms with Crippen LogP contribution in [0, 0.1) is 18.4 Å². The minimum Gasteiger partial charge on any atom is -0.326 e. The Bertz CT molecular complexity index is 522. The van der Waals surface area contributed by atoms with E-state index < -0.39 is 9.73 Å². The number of aryl methyl sites for hydroxylation is 1. The molecular formula is C10H13N3OS. The highest BCUT2D eigenvalue weighted by molar-refractivity contribution is 7.93. The van der Waals surface area contributed by atoms with E-state index in [0.717, 1.165) is 11.1 Å². The van der Waals surface area contributed by atoms with E-state index in [9.17, 15) is 4.21 Å². The first kappa shape index (κ1) is 11.7. The average Bonchev–Trinajstić information content (AvgIpc) is 2.17. The molecular weight excluding hydrogens is 210 g/mol. The van der Waals surface area contributed by atoms with E-state index in [2.05, 4.69) is 4.36 Å². The Morgan fingerprint density at radius 2 is 2.27 bits per heavy atom. The molecule has 0 bridgehead atoms. The summed E-state index contributed by atoms with van der Waals surface area (Å²) >= 11 is 0. The topological polar surface area (TPSA) is 79.2 Å². The van der Waals surface area contributed by atoms with Gasteiger partial charge in [0.05, 0.1) is 9.73 Å². The lowest BCUT2D eigenvalue weighted by Gasteiger charge is -2.06. The van der Waals surface area contributed by atoms with Crippen LogP contribution in [0.5, 0.6) is 0 Å². The third-order valence-corrected chi connectivity index (χ3v) is 3.74. The predicted octanol–water partition coefficient (Wildman–Crippen LogP) is 1.39. The van der Waals surface area contributed by atoms with Crippen LogP contribution in [-0.2, 0) is 16.3 Å². The van der Waals surface area contributed by atoms with Crippen LogP contribution in [0.3, 0.4) is 0 Å². The molecule has 0 aliphatic rings. The summed E-state index contributed by atoms with van der Waals surface area (Å²) in [6, 6.07) is 5.30. The lowest BCUT2D eigenvalue weighted by Crippen LogP contribution is -2.02. The fourth-order valence-electron chi connectivity index (χ4n) is 1.26. The average molecular weight is 223 g/mol. The summed E-state index contributed by atoms with van der Waals surface area (Å²) in [6.45, 7) is 2.35. The maximum Gasteiger partial charge on any atom is 0.214 e. The molecule has 4 nitrogen and oxygen atoms in total. The maximum atomic E-state index is 11.9. The summed E-state index contributed by atoms with van der Waals surface area (Å²) in [5.41, 5.74) is 7.50. The van der Waals surface area contributed by atoms with E-state index in [1.807, 2.05) is 13.0 Å². The van der Waals surface area contributed by atoms with Crippen LogP contribution >= 0.6 is 0 Å². The Morgan fingerprint density at radius 3 is 2.73 bits per heavy atom. The second kappa shape index (κ2) is 4.43. The molecule has 1 rings (SSSR count). The molecule has 0 amide bonds. The summed E-state index contributed by atoms with van der Waals surface area (Å²) in [5.74, 6) is 0. The molecule has 0 radical (unpaired) electrons. The molecule has 15 heavy (non-hydrogen) atoms. The van der Waals surface area contributed by atoms with E-state index in [-0.39, 0.29) is 0 Å². The van der Waals surface area contributed by atoms with Gasteiger partial charge < -0.3 is 5.73 Å². The van der Waals surface area contributed by atoms with Gasteiger partial charge in [0.2, 0.25) is 6.19 Å². The number of nitrogens with two attached hydrogens (primary N) is 1. The van der Waals surface area contributed by atoms with Crippen molar-refractivity contribution in [1.82, 2.24) is 0 Å². The van der Waals surface area contributed by atoms with Crippen molar-refractivity contribution in [3.05, 3.63) is 29.3 Å². The van der Waals surface area contributed by atoms with Crippen LogP contribution < -0.4 is 5.73 Å². The molecule has 1 atom stereocenters. The Hall–Kier alpha value is -1.38. The minimum absolute atomic E-state index is 0.451. The maximum absolute atomic E-state index is 11.9. The fraction of sp³-hybridized carbons (Fsp3) is 0.300. The van der Waals surface area contributed by atoms with Gasteiger partial charge in [0.15, 0.2) is 0 Å². The van der Waals surface area contributed by atoms with Gasteiger partial charge in [-0.3, -0.25) is 0 Å². The Kier molecular flexibility index (Phi) is 3.45. The zero-order valence-corrected chi connectivity index (χ0v) is 9.54. The molecule has 1 aromatic carbocycles. The molecule has 5 heteroatoms. The predicted molar refractivity (Wildman–Crippen MR) is 59.4 cm³/mol. The van der Waals surface area contributed by atoms with E-state index in [0.29, 0.717) is 11.4 Å². The van der Waals surface area contributed by atoms with Crippen LogP contribution in [-0.4, -0.2) is 10.5 Å². The number of rotatable bonds is 2. The summed E-state index contributed by atoms with van der Waals surface area (Å²) in [4.78, 5) is 0.568. The van der Waals surface area contributed by atoms with Crippen LogP contribution in [0.1, 0.15) is 11.1 Å². The molecule has 1 aromatic rings. The highest BCUT2D eigenvalue weighted by atomic mass is 32.2. The van der Waals surface area contributed by atoms with Crippen molar-refractivity contribution in [3.63, 3.8) is 0 Å². The lowest BCUT2D eigenvalue weighted by molar-refractivity contribution is 0.680. The van der Waals surface area contributed by atoms with Crippen molar-refractivity contribution in [1.29, 1.82) is 5.26 Å². The summed E-state index contributed by atoms with van der Waals surface area (Å²) < 4.78 is 15.3.